The van der Waals surface area contributed by atoms with Crippen LogP contribution in [0.2, 0.25) is 0 Å². The Bertz CT molecular complexity index is 244. The Morgan fingerprint density at radius 1 is 1.53 bits per heavy atom. The largest absolute Gasteiger partial charge is 0.395 e. The Labute approximate surface area is 105 Å². The number of likely N-dealkylation sites (tertiary alicyclic amines) is 1. The lowest BCUT2D eigenvalue weighted by Crippen LogP contribution is -2.45. The number of amides is 1. The second-order valence-electron chi connectivity index (χ2n) is 5.29. The Morgan fingerprint density at radius 2 is 2.24 bits per heavy atom. The van der Waals surface area contributed by atoms with Gasteiger partial charge in [-0.05, 0) is 32.6 Å². The van der Waals surface area contributed by atoms with E-state index in [1.165, 1.54) is 6.42 Å². The van der Waals surface area contributed by atoms with E-state index in [1.807, 2.05) is 4.90 Å². The molecule has 100 valence electrons. The maximum absolute atomic E-state index is 11.4. The van der Waals surface area contributed by atoms with Crippen LogP contribution >= 0.6 is 0 Å². The van der Waals surface area contributed by atoms with Crippen molar-refractivity contribution in [1.82, 2.24) is 9.80 Å². The van der Waals surface area contributed by atoms with Gasteiger partial charge in [-0.3, -0.25) is 9.69 Å². The predicted octanol–water partition coefficient (Wildman–Crippen LogP) is 0.948. The summed E-state index contributed by atoms with van der Waals surface area (Å²) in [5.41, 5.74) is 0. The van der Waals surface area contributed by atoms with E-state index in [-0.39, 0.29) is 12.5 Å². The fourth-order valence-corrected chi connectivity index (χ4v) is 2.52. The molecule has 0 radical (unpaired) electrons. The molecule has 1 N–H and O–H groups in total. The van der Waals surface area contributed by atoms with Crippen LogP contribution in [0.25, 0.3) is 0 Å². The minimum absolute atomic E-state index is 0.188. The summed E-state index contributed by atoms with van der Waals surface area (Å²) in [5.74, 6) is 0.745. The average molecular weight is 242 g/mol. The lowest BCUT2D eigenvalue weighted by atomic mass is 9.97. The highest BCUT2D eigenvalue weighted by Crippen LogP contribution is 2.18. The zero-order chi connectivity index (χ0) is 12.8. The van der Waals surface area contributed by atoms with E-state index in [2.05, 4.69) is 18.7 Å². The normalized spacial score (nSPS) is 21.3. The molecule has 17 heavy (non-hydrogen) atoms. The van der Waals surface area contributed by atoms with Gasteiger partial charge in [-0.2, -0.15) is 0 Å². The molecule has 0 aromatic carbocycles. The third-order valence-electron chi connectivity index (χ3n) is 3.57. The van der Waals surface area contributed by atoms with Gasteiger partial charge in [-0.1, -0.05) is 0 Å². The molecule has 1 heterocycles. The summed E-state index contributed by atoms with van der Waals surface area (Å²) < 4.78 is 0. The van der Waals surface area contributed by atoms with Gasteiger partial charge in [-0.15, -0.1) is 0 Å². The Balaban J connectivity index is 2.46. The SMILES string of the molecule is CC(=O)N1CCCC(CN(CCO)C(C)C)C1. The Morgan fingerprint density at radius 3 is 2.76 bits per heavy atom. The van der Waals surface area contributed by atoms with E-state index in [0.29, 0.717) is 12.0 Å². The third-order valence-corrected chi connectivity index (χ3v) is 3.57. The fourth-order valence-electron chi connectivity index (χ4n) is 2.52. The van der Waals surface area contributed by atoms with Crippen molar-refractivity contribution in [3.8, 4) is 0 Å². The van der Waals surface area contributed by atoms with Crippen LogP contribution in [-0.4, -0.2) is 59.6 Å². The molecule has 1 unspecified atom stereocenters. The quantitative estimate of drug-likeness (QED) is 0.780. The van der Waals surface area contributed by atoms with Crippen LogP contribution in [0.15, 0.2) is 0 Å². The van der Waals surface area contributed by atoms with Crippen molar-refractivity contribution in [2.24, 2.45) is 5.92 Å². The van der Waals surface area contributed by atoms with Crippen LogP contribution in [0.4, 0.5) is 0 Å². The summed E-state index contributed by atoms with van der Waals surface area (Å²) >= 11 is 0. The van der Waals surface area contributed by atoms with Gasteiger partial charge in [0.15, 0.2) is 0 Å². The summed E-state index contributed by atoms with van der Waals surface area (Å²) in [7, 11) is 0. The minimum atomic E-state index is 0.188. The first kappa shape index (κ1) is 14.5. The van der Waals surface area contributed by atoms with Gasteiger partial charge in [-0.25, -0.2) is 0 Å². The lowest BCUT2D eigenvalue weighted by molar-refractivity contribution is -0.130. The molecule has 0 aliphatic carbocycles. The number of hydrogen-bond acceptors (Lipinski definition) is 3. The number of hydrogen-bond donors (Lipinski definition) is 1. The average Bonchev–Trinajstić information content (AvgIpc) is 2.28. The predicted molar refractivity (Wildman–Crippen MR) is 68.8 cm³/mol. The van der Waals surface area contributed by atoms with E-state index in [1.54, 1.807) is 6.92 Å². The molecular weight excluding hydrogens is 216 g/mol. The highest BCUT2D eigenvalue weighted by Gasteiger charge is 2.24. The van der Waals surface area contributed by atoms with Crippen molar-refractivity contribution in [2.75, 3.05) is 32.8 Å². The summed E-state index contributed by atoms with van der Waals surface area (Å²) in [6, 6.07) is 0.454. The smallest absolute Gasteiger partial charge is 0.219 e. The lowest BCUT2D eigenvalue weighted by Gasteiger charge is -2.36. The molecule has 1 amide bonds. The molecule has 4 nitrogen and oxygen atoms in total. The van der Waals surface area contributed by atoms with Crippen molar-refractivity contribution < 1.29 is 9.90 Å². The molecule has 0 aromatic heterocycles. The molecule has 4 heteroatoms. The van der Waals surface area contributed by atoms with E-state index < -0.39 is 0 Å². The van der Waals surface area contributed by atoms with Gasteiger partial charge in [0.2, 0.25) is 5.91 Å². The number of aliphatic hydroxyl groups excluding tert-OH is 1. The van der Waals surface area contributed by atoms with Gasteiger partial charge >= 0.3 is 0 Å². The van der Waals surface area contributed by atoms with Crippen molar-refractivity contribution in [3.05, 3.63) is 0 Å². The number of rotatable bonds is 5. The first-order valence-corrected chi connectivity index (χ1v) is 6.65. The number of carbonyl (C=O) groups excluding carboxylic acids is 1. The monoisotopic (exact) mass is 242 g/mol. The number of carbonyl (C=O) groups is 1. The summed E-state index contributed by atoms with van der Waals surface area (Å²) in [5, 5.41) is 9.05. The molecule has 0 saturated carbocycles. The molecule has 1 atom stereocenters. The maximum Gasteiger partial charge on any atom is 0.219 e. The molecule has 1 aliphatic heterocycles. The van der Waals surface area contributed by atoms with Crippen LogP contribution in [0.5, 0.6) is 0 Å². The molecule has 0 spiro atoms. The van der Waals surface area contributed by atoms with Crippen LogP contribution in [0.1, 0.15) is 33.6 Å². The highest BCUT2D eigenvalue weighted by molar-refractivity contribution is 5.73. The Hall–Kier alpha value is -0.610. The van der Waals surface area contributed by atoms with Gasteiger partial charge in [0, 0.05) is 39.1 Å². The van der Waals surface area contributed by atoms with Crippen molar-refractivity contribution in [2.45, 2.75) is 39.7 Å². The van der Waals surface area contributed by atoms with Gasteiger partial charge in [0.25, 0.3) is 0 Å². The molecule has 1 rings (SSSR count). The molecule has 0 aromatic rings. The second-order valence-corrected chi connectivity index (χ2v) is 5.29. The van der Waals surface area contributed by atoms with Crippen LogP contribution in [0, 0.1) is 5.92 Å². The molecule has 1 fully saturated rings. The summed E-state index contributed by atoms with van der Waals surface area (Å²) in [6.45, 7) is 9.67. The number of aliphatic hydroxyl groups is 1. The van der Waals surface area contributed by atoms with Gasteiger partial charge in [0.1, 0.15) is 0 Å². The van der Waals surface area contributed by atoms with Crippen molar-refractivity contribution in [3.63, 3.8) is 0 Å². The minimum Gasteiger partial charge on any atom is -0.395 e. The first-order valence-electron chi connectivity index (χ1n) is 6.65. The van der Waals surface area contributed by atoms with Crippen LogP contribution in [-0.2, 0) is 4.79 Å². The second kappa shape index (κ2) is 6.97. The van der Waals surface area contributed by atoms with Crippen molar-refractivity contribution in [1.29, 1.82) is 0 Å². The zero-order valence-electron chi connectivity index (χ0n) is 11.4. The van der Waals surface area contributed by atoms with Crippen molar-refractivity contribution >= 4 is 5.91 Å². The van der Waals surface area contributed by atoms with E-state index >= 15 is 0 Å². The molecule has 0 bridgehead atoms. The van der Waals surface area contributed by atoms with E-state index in [0.717, 1.165) is 32.6 Å². The number of piperidine rings is 1. The zero-order valence-corrected chi connectivity index (χ0v) is 11.4. The molecule has 1 saturated heterocycles. The topological polar surface area (TPSA) is 43.8 Å². The number of nitrogens with zero attached hydrogens (tertiary/aromatic N) is 2. The first-order chi connectivity index (χ1) is 8.04. The third kappa shape index (κ3) is 4.64. The molecule has 1 aliphatic rings. The maximum atomic E-state index is 11.4. The van der Waals surface area contributed by atoms with E-state index in [4.69, 9.17) is 5.11 Å². The van der Waals surface area contributed by atoms with Crippen LogP contribution in [0.3, 0.4) is 0 Å². The summed E-state index contributed by atoms with van der Waals surface area (Å²) in [6.07, 6.45) is 2.30. The van der Waals surface area contributed by atoms with Crippen LogP contribution < -0.4 is 0 Å². The van der Waals surface area contributed by atoms with Gasteiger partial charge < -0.3 is 10.0 Å². The summed E-state index contributed by atoms with van der Waals surface area (Å²) in [4.78, 5) is 15.6. The van der Waals surface area contributed by atoms with E-state index in [9.17, 15) is 4.79 Å². The molecular formula is C13H26N2O2. The standard InChI is InChI=1S/C13H26N2O2/c1-11(2)14(7-8-16)9-13-5-4-6-15(10-13)12(3)17/h11,13,16H,4-10H2,1-3H3. The fraction of sp³-hybridized carbons (Fsp3) is 0.923. The Kier molecular flexibility index (Phi) is 5.92. The highest BCUT2D eigenvalue weighted by atomic mass is 16.3. The van der Waals surface area contributed by atoms with Gasteiger partial charge in [0.05, 0.1) is 6.61 Å².